The van der Waals surface area contributed by atoms with E-state index in [4.69, 9.17) is 9.47 Å². The molecule has 9 nitrogen and oxygen atoms in total. The number of likely N-dealkylation sites (tertiary alicyclic amines) is 1. The molecule has 40 heavy (non-hydrogen) atoms. The average Bonchev–Trinajstić information content (AvgIpc) is 3.58. The number of hydrogen-bond donors (Lipinski definition) is 1. The number of methoxy groups -OCH3 is 1. The molecule has 0 aliphatic carbocycles. The normalized spacial score (nSPS) is 29.2. The molecular formula is C31H43N3O6. The van der Waals surface area contributed by atoms with E-state index in [0.717, 1.165) is 6.42 Å². The molecule has 1 N–H and O–H groups in total. The zero-order valence-corrected chi connectivity index (χ0v) is 24.2. The number of nitrogens with zero attached hydrogens (tertiary/aromatic N) is 3. The van der Waals surface area contributed by atoms with E-state index >= 15 is 0 Å². The molecular weight excluding hydrogens is 510 g/mol. The second kappa shape index (κ2) is 11.7. The molecule has 2 bridgehead atoms. The molecule has 4 rings (SSSR count). The van der Waals surface area contributed by atoms with Crippen LogP contribution in [0.3, 0.4) is 0 Å². The molecule has 218 valence electrons. The lowest BCUT2D eigenvalue weighted by Gasteiger charge is -2.38. The summed E-state index contributed by atoms with van der Waals surface area (Å²) in [5, 5.41) is 10.2. The van der Waals surface area contributed by atoms with E-state index in [9.17, 15) is 19.5 Å². The van der Waals surface area contributed by atoms with Crippen LogP contribution in [0.4, 0.5) is 5.69 Å². The lowest BCUT2D eigenvalue weighted by atomic mass is 9.64. The van der Waals surface area contributed by atoms with Gasteiger partial charge in [0.1, 0.15) is 17.4 Å². The predicted molar refractivity (Wildman–Crippen MR) is 153 cm³/mol. The molecule has 3 amide bonds. The minimum Gasteiger partial charge on any atom is -0.497 e. The number of hydrogen-bond acceptors (Lipinski definition) is 6. The lowest BCUT2D eigenvalue weighted by Crippen LogP contribution is -2.58. The molecule has 1 spiro atoms. The summed E-state index contributed by atoms with van der Waals surface area (Å²) in [4.78, 5) is 47.9. The van der Waals surface area contributed by atoms with Gasteiger partial charge in [-0.1, -0.05) is 26.0 Å². The standard InChI is InChI=1S/C31H43N3O6/c1-7-17-32(18-8-2)27(36)24-25-28(37)34(21(5)20-35)26(31(25)16-15-30(24,10-4)40-31)29(38)33(19-9-3)22-11-13-23(39-6)14-12-22/h7,9,11-14,21,24-26,35H,1,3,8,10,15-20H2,2,4-6H3/t21-,24-,25+,26?,30+,31?/m1/s1. The highest BCUT2D eigenvalue weighted by Crippen LogP contribution is 2.65. The van der Waals surface area contributed by atoms with Crippen LogP contribution in [-0.4, -0.2) is 89.3 Å². The van der Waals surface area contributed by atoms with Gasteiger partial charge in [0.05, 0.1) is 37.2 Å². The van der Waals surface area contributed by atoms with Crippen LogP contribution in [0.25, 0.3) is 0 Å². The molecule has 3 aliphatic rings. The Hall–Kier alpha value is -3.17. The molecule has 3 fully saturated rings. The summed E-state index contributed by atoms with van der Waals surface area (Å²) in [5.41, 5.74) is -1.38. The maximum absolute atomic E-state index is 14.6. The van der Waals surface area contributed by atoms with Gasteiger partial charge < -0.3 is 29.3 Å². The zero-order valence-electron chi connectivity index (χ0n) is 24.2. The Bertz CT molecular complexity index is 1140. The van der Waals surface area contributed by atoms with Crippen molar-refractivity contribution in [3.05, 3.63) is 49.6 Å². The van der Waals surface area contributed by atoms with Crippen molar-refractivity contribution in [1.29, 1.82) is 0 Å². The van der Waals surface area contributed by atoms with E-state index in [0.29, 0.717) is 43.8 Å². The SMILES string of the molecule is C=CCN(CCC)C(=O)[C@H]1[C@H]2C(=O)N([C@H](C)CO)C(C(=O)N(CC=C)c3ccc(OC)cc3)C23CC[C@]1(CC)O3. The highest BCUT2D eigenvalue weighted by molar-refractivity contribution is 6.05. The average molecular weight is 554 g/mol. The van der Waals surface area contributed by atoms with Crippen LogP contribution >= 0.6 is 0 Å². The molecule has 0 aromatic heterocycles. The van der Waals surface area contributed by atoms with Gasteiger partial charge in [-0.2, -0.15) is 0 Å². The molecule has 0 saturated carbocycles. The Kier molecular flexibility index (Phi) is 8.75. The molecule has 0 radical (unpaired) electrons. The van der Waals surface area contributed by atoms with E-state index in [1.54, 1.807) is 60.3 Å². The molecule has 1 aromatic rings. The third kappa shape index (κ3) is 4.53. The second-order valence-electron chi connectivity index (χ2n) is 11.1. The molecule has 3 saturated heterocycles. The number of benzene rings is 1. The molecule has 9 heteroatoms. The van der Waals surface area contributed by atoms with Crippen molar-refractivity contribution in [2.75, 3.05) is 38.3 Å². The number of carbonyl (C=O) groups excluding carboxylic acids is 3. The topological polar surface area (TPSA) is 99.6 Å². The van der Waals surface area contributed by atoms with Gasteiger partial charge >= 0.3 is 0 Å². The summed E-state index contributed by atoms with van der Waals surface area (Å²) in [7, 11) is 1.57. The van der Waals surface area contributed by atoms with Crippen molar-refractivity contribution in [3.63, 3.8) is 0 Å². The number of aliphatic hydroxyl groups excluding tert-OH is 1. The smallest absolute Gasteiger partial charge is 0.253 e. The minimum absolute atomic E-state index is 0.133. The number of ether oxygens (including phenoxy) is 2. The molecule has 3 aliphatic heterocycles. The van der Waals surface area contributed by atoms with E-state index in [-0.39, 0.29) is 30.9 Å². The number of rotatable bonds is 13. The Labute approximate surface area is 237 Å². The van der Waals surface area contributed by atoms with E-state index in [2.05, 4.69) is 13.2 Å². The minimum atomic E-state index is -1.17. The fraction of sp³-hybridized carbons (Fsp3) is 0.581. The van der Waals surface area contributed by atoms with Crippen molar-refractivity contribution in [1.82, 2.24) is 9.80 Å². The fourth-order valence-corrected chi connectivity index (χ4v) is 7.15. The van der Waals surface area contributed by atoms with Crippen LogP contribution in [0.15, 0.2) is 49.6 Å². The summed E-state index contributed by atoms with van der Waals surface area (Å²) in [5.74, 6) is -1.65. The molecule has 1 aromatic carbocycles. The van der Waals surface area contributed by atoms with Gasteiger partial charge in [0.25, 0.3) is 5.91 Å². The Morgan fingerprint density at radius 1 is 1.18 bits per heavy atom. The van der Waals surface area contributed by atoms with Crippen LogP contribution < -0.4 is 9.64 Å². The Morgan fingerprint density at radius 3 is 2.40 bits per heavy atom. The van der Waals surface area contributed by atoms with E-state index in [1.807, 2.05) is 13.8 Å². The van der Waals surface area contributed by atoms with E-state index < -0.39 is 35.1 Å². The van der Waals surface area contributed by atoms with Crippen molar-refractivity contribution >= 4 is 23.4 Å². The Morgan fingerprint density at radius 2 is 1.85 bits per heavy atom. The number of fused-ring (bicyclic) bond motifs is 1. The predicted octanol–water partition coefficient (Wildman–Crippen LogP) is 3.17. The molecule has 2 unspecified atom stereocenters. The van der Waals surface area contributed by atoms with Crippen LogP contribution in [0.5, 0.6) is 5.75 Å². The van der Waals surface area contributed by atoms with Gasteiger partial charge in [-0.25, -0.2) is 0 Å². The largest absolute Gasteiger partial charge is 0.497 e. The maximum Gasteiger partial charge on any atom is 0.253 e. The first kappa shape index (κ1) is 29.8. The number of aliphatic hydroxyl groups is 1. The summed E-state index contributed by atoms with van der Waals surface area (Å²) in [6.45, 7) is 14.2. The first-order chi connectivity index (χ1) is 19.2. The van der Waals surface area contributed by atoms with Crippen LogP contribution in [0.1, 0.15) is 46.5 Å². The quantitative estimate of drug-likeness (QED) is 0.377. The van der Waals surface area contributed by atoms with Crippen molar-refractivity contribution in [2.24, 2.45) is 11.8 Å². The van der Waals surface area contributed by atoms with Crippen molar-refractivity contribution in [2.45, 2.75) is 69.7 Å². The third-order valence-corrected chi connectivity index (χ3v) is 8.97. The highest BCUT2D eigenvalue weighted by Gasteiger charge is 2.79. The van der Waals surface area contributed by atoms with Crippen LogP contribution in [0, 0.1) is 11.8 Å². The van der Waals surface area contributed by atoms with Gasteiger partial charge in [-0.15, -0.1) is 13.2 Å². The monoisotopic (exact) mass is 553 g/mol. The van der Waals surface area contributed by atoms with Gasteiger partial charge in [0.15, 0.2) is 0 Å². The molecule has 6 atom stereocenters. The first-order valence-electron chi connectivity index (χ1n) is 14.3. The molecule has 3 heterocycles. The second-order valence-corrected chi connectivity index (χ2v) is 11.1. The summed E-state index contributed by atoms with van der Waals surface area (Å²) >= 11 is 0. The fourth-order valence-electron chi connectivity index (χ4n) is 7.15. The Balaban J connectivity index is 1.83. The van der Waals surface area contributed by atoms with Crippen LogP contribution in [0.2, 0.25) is 0 Å². The first-order valence-corrected chi connectivity index (χ1v) is 14.3. The van der Waals surface area contributed by atoms with Gasteiger partial charge in [-0.05, 0) is 56.9 Å². The summed E-state index contributed by atoms with van der Waals surface area (Å²) in [6, 6.07) is 5.48. The van der Waals surface area contributed by atoms with Crippen LogP contribution in [-0.2, 0) is 19.1 Å². The lowest BCUT2D eigenvalue weighted by molar-refractivity contribution is -0.153. The zero-order chi connectivity index (χ0) is 29.2. The summed E-state index contributed by atoms with van der Waals surface area (Å²) < 4.78 is 12.2. The van der Waals surface area contributed by atoms with Crippen molar-refractivity contribution in [3.8, 4) is 5.75 Å². The number of carbonyl (C=O) groups is 3. The van der Waals surface area contributed by atoms with Gasteiger partial charge in [-0.3, -0.25) is 14.4 Å². The van der Waals surface area contributed by atoms with E-state index in [1.165, 1.54) is 4.90 Å². The summed E-state index contributed by atoms with van der Waals surface area (Å²) in [6.07, 6.45) is 5.70. The van der Waals surface area contributed by atoms with Gasteiger partial charge in [0.2, 0.25) is 11.8 Å². The van der Waals surface area contributed by atoms with Gasteiger partial charge in [0, 0.05) is 25.3 Å². The third-order valence-electron chi connectivity index (χ3n) is 8.97. The number of amides is 3. The highest BCUT2D eigenvalue weighted by atomic mass is 16.5. The maximum atomic E-state index is 14.6. The van der Waals surface area contributed by atoms with Crippen molar-refractivity contribution < 1.29 is 29.0 Å². The number of anilines is 1.